The second-order valence-electron chi connectivity index (χ2n) is 7.41. The Labute approximate surface area is 179 Å². The van der Waals surface area contributed by atoms with Crippen molar-refractivity contribution in [3.05, 3.63) is 52.9 Å². The number of amides is 2. The lowest BCUT2D eigenvalue weighted by molar-refractivity contribution is 0.262. The molecule has 1 fully saturated rings. The summed E-state index contributed by atoms with van der Waals surface area (Å²) in [6, 6.07) is 12.0. The third-order valence-electron chi connectivity index (χ3n) is 5.41. The number of rotatable bonds is 6. The second kappa shape index (κ2) is 8.99. The highest BCUT2D eigenvalue weighted by molar-refractivity contribution is 6.06. The summed E-state index contributed by atoms with van der Waals surface area (Å²) in [6.45, 7) is 0. The van der Waals surface area contributed by atoms with E-state index in [-0.39, 0.29) is 11.7 Å². The largest absolute Gasteiger partial charge is 0.497 e. The molecule has 1 saturated carbocycles. The van der Waals surface area contributed by atoms with Gasteiger partial charge in [-0.1, -0.05) is 25.0 Å². The van der Waals surface area contributed by atoms with Gasteiger partial charge in [-0.05, 0) is 37.1 Å². The molecular weight excluding hydrogens is 398 g/mol. The maximum atomic E-state index is 12.8. The Hall–Kier alpha value is -3.68. The first-order chi connectivity index (χ1) is 15.1. The van der Waals surface area contributed by atoms with Gasteiger partial charge in [-0.15, -0.1) is 0 Å². The number of methoxy groups -OCH3 is 2. The molecule has 2 aromatic carbocycles. The molecule has 0 spiro atoms. The monoisotopic (exact) mass is 423 g/mol. The molecule has 8 heteroatoms. The molecule has 0 aliphatic heterocycles. The Kier molecular flexibility index (Phi) is 5.97. The normalized spacial score (nSPS) is 13.7. The van der Waals surface area contributed by atoms with Crippen molar-refractivity contribution in [1.82, 2.24) is 0 Å². The summed E-state index contributed by atoms with van der Waals surface area (Å²) in [5.74, 6) is 1.02. The van der Waals surface area contributed by atoms with E-state index in [0.717, 1.165) is 31.1 Å². The van der Waals surface area contributed by atoms with E-state index < -0.39 is 11.7 Å². The molecule has 2 amide bonds. The van der Waals surface area contributed by atoms with E-state index in [0.29, 0.717) is 28.5 Å². The molecule has 162 valence electrons. The van der Waals surface area contributed by atoms with Crippen molar-refractivity contribution < 1.29 is 18.7 Å². The first-order valence-electron chi connectivity index (χ1n) is 10.2. The number of fused-ring (bicyclic) bond motifs is 1. The van der Waals surface area contributed by atoms with E-state index in [9.17, 15) is 9.59 Å². The Morgan fingerprint density at radius 2 is 1.77 bits per heavy atom. The Morgan fingerprint density at radius 1 is 1.00 bits per heavy atom. The summed E-state index contributed by atoms with van der Waals surface area (Å²) in [5, 5.41) is 9.58. The maximum absolute atomic E-state index is 12.8. The van der Waals surface area contributed by atoms with Crippen molar-refractivity contribution in [1.29, 1.82) is 0 Å². The molecule has 1 aliphatic carbocycles. The zero-order valence-corrected chi connectivity index (χ0v) is 17.5. The summed E-state index contributed by atoms with van der Waals surface area (Å²) in [5.41, 5.74) is 0.909. The van der Waals surface area contributed by atoms with E-state index in [2.05, 4.69) is 16.0 Å². The second-order valence-corrected chi connectivity index (χ2v) is 7.41. The summed E-state index contributed by atoms with van der Waals surface area (Å²) >= 11 is 0. The minimum absolute atomic E-state index is 0.0740. The number of carbonyl (C=O) groups is 1. The van der Waals surface area contributed by atoms with E-state index in [1.165, 1.54) is 14.2 Å². The van der Waals surface area contributed by atoms with Crippen molar-refractivity contribution >= 4 is 34.1 Å². The van der Waals surface area contributed by atoms with Crippen LogP contribution in [0.2, 0.25) is 0 Å². The molecule has 3 N–H and O–H groups in total. The van der Waals surface area contributed by atoms with Crippen LogP contribution in [0.25, 0.3) is 11.0 Å². The minimum atomic E-state index is -0.619. The molecule has 31 heavy (non-hydrogen) atoms. The lowest BCUT2D eigenvalue weighted by Gasteiger charge is -2.19. The molecular formula is C23H25N3O5. The van der Waals surface area contributed by atoms with Gasteiger partial charge in [-0.3, -0.25) is 5.32 Å². The third kappa shape index (κ3) is 4.42. The average molecular weight is 423 g/mol. The molecule has 0 unspecified atom stereocenters. The van der Waals surface area contributed by atoms with Crippen LogP contribution in [0.15, 0.2) is 51.7 Å². The van der Waals surface area contributed by atoms with Gasteiger partial charge < -0.3 is 24.5 Å². The number of ether oxygens (including phenoxy) is 2. The molecule has 1 heterocycles. The first kappa shape index (κ1) is 20.6. The van der Waals surface area contributed by atoms with Crippen LogP contribution in [0.1, 0.15) is 25.7 Å². The molecule has 1 aliphatic rings. The fourth-order valence-electron chi connectivity index (χ4n) is 3.87. The summed E-state index contributed by atoms with van der Waals surface area (Å²) in [4.78, 5) is 25.5. The highest BCUT2D eigenvalue weighted by atomic mass is 16.5. The lowest BCUT2D eigenvalue weighted by atomic mass is 10.1. The van der Waals surface area contributed by atoms with Crippen LogP contribution >= 0.6 is 0 Å². The van der Waals surface area contributed by atoms with E-state index in [1.54, 1.807) is 30.3 Å². The Balaban J connectivity index is 1.67. The lowest BCUT2D eigenvalue weighted by Crippen LogP contribution is -2.26. The summed E-state index contributed by atoms with van der Waals surface area (Å²) in [7, 11) is 3.04. The van der Waals surface area contributed by atoms with E-state index in [4.69, 9.17) is 13.9 Å². The van der Waals surface area contributed by atoms with Crippen LogP contribution in [0.4, 0.5) is 21.9 Å². The number of hydrogen-bond acceptors (Lipinski definition) is 6. The predicted octanol–water partition coefficient (Wildman–Crippen LogP) is 4.81. The zero-order valence-electron chi connectivity index (χ0n) is 17.5. The van der Waals surface area contributed by atoms with Crippen LogP contribution in [0, 0.1) is 0 Å². The van der Waals surface area contributed by atoms with Crippen molar-refractivity contribution in [2.45, 2.75) is 31.7 Å². The van der Waals surface area contributed by atoms with Gasteiger partial charge in [-0.25, -0.2) is 9.59 Å². The molecule has 0 saturated heterocycles. The SMILES string of the molecule is COc1ccc(OC)c(NC(=O)Nc2c(NC3CCCC3)c3ccccc3oc2=O)c1. The number of anilines is 3. The quantitative estimate of drug-likeness (QED) is 0.492. The summed E-state index contributed by atoms with van der Waals surface area (Å²) in [6.07, 6.45) is 4.30. The minimum Gasteiger partial charge on any atom is -0.497 e. The van der Waals surface area contributed by atoms with Gasteiger partial charge in [-0.2, -0.15) is 0 Å². The van der Waals surface area contributed by atoms with Crippen LogP contribution in [0.3, 0.4) is 0 Å². The number of carbonyl (C=O) groups excluding carboxylic acids is 1. The van der Waals surface area contributed by atoms with Gasteiger partial charge in [0.05, 0.1) is 25.6 Å². The van der Waals surface area contributed by atoms with Gasteiger partial charge in [0.2, 0.25) is 0 Å². The average Bonchev–Trinajstić information content (AvgIpc) is 3.29. The number of nitrogens with one attached hydrogen (secondary N) is 3. The van der Waals surface area contributed by atoms with Gasteiger partial charge in [0.15, 0.2) is 5.69 Å². The molecule has 0 atom stereocenters. The van der Waals surface area contributed by atoms with Gasteiger partial charge in [0.1, 0.15) is 17.1 Å². The molecule has 4 rings (SSSR count). The first-order valence-corrected chi connectivity index (χ1v) is 10.2. The Bertz CT molecular complexity index is 1150. The fourth-order valence-corrected chi connectivity index (χ4v) is 3.87. The molecule has 0 bridgehead atoms. The zero-order chi connectivity index (χ0) is 21.8. The molecule has 8 nitrogen and oxygen atoms in total. The molecule has 3 aromatic rings. The third-order valence-corrected chi connectivity index (χ3v) is 5.41. The fraction of sp³-hybridized carbons (Fsp3) is 0.304. The highest BCUT2D eigenvalue weighted by Crippen LogP contribution is 2.33. The smallest absolute Gasteiger partial charge is 0.362 e. The Morgan fingerprint density at radius 3 is 2.52 bits per heavy atom. The van der Waals surface area contributed by atoms with E-state index in [1.807, 2.05) is 12.1 Å². The number of benzene rings is 2. The van der Waals surface area contributed by atoms with Gasteiger partial charge in [0, 0.05) is 17.5 Å². The van der Waals surface area contributed by atoms with E-state index >= 15 is 0 Å². The van der Waals surface area contributed by atoms with Gasteiger partial charge >= 0.3 is 11.7 Å². The topological polar surface area (TPSA) is 102 Å². The van der Waals surface area contributed by atoms with Crippen LogP contribution < -0.4 is 31.0 Å². The maximum Gasteiger partial charge on any atom is 0.362 e. The standard InChI is InChI=1S/C23H25N3O5/c1-29-15-11-12-19(30-2)17(13-15)25-23(28)26-21-20(24-14-7-3-4-8-14)16-9-5-6-10-18(16)31-22(21)27/h5-6,9-14,24H,3-4,7-8H2,1-2H3,(H2,25,26,28). The number of para-hydroxylation sites is 1. The number of urea groups is 1. The van der Waals surface area contributed by atoms with Crippen molar-refractivity contribution in [3.63, 3.8) is 0 Å². The predicted molar refractivity (Wildman–Crippen MR) is 121 cm³/mol. The molecule has 1 aromatic heterocycles. The van der Waals surface area contributed by atoms with Crippen LogP contribution in [-0.2, 0) is 0 Å². The van der Waals surface area contributed by atoms with Crippen LogP contribution in [0.5, 0.6) is 11.5 Å². The van der Waals surface area contributed by atoms with Crippen LogP contribution in [-0.4, -0.2) is 26.3 Å². The van der Waals surface area contributed by atoms with Crippen molar-refractivity contribution in [2.75, 3.05) is 30.2 Å². The molecule has 0 radical (unpaired) electrons. The summed E-state index contributed by atoms with van der Waals surface area (Å²) < 4.78 is 16.0. The van der Waals surface area contributed by atoms with Crippen molar-refractivity contribution in [3.8, 4) is 11.5 Å². The van der Waals surface area contributed by atoms with Gasteiger partial charge in [0.25, 0.3) is 0 Å². The highest BCUT2D eigenvalue weighted by Gasteiger charge is 2.22. The van der Waals surface area contributed by atoms with Crippen molar-refractivity contribution in [2.24, 2.45) is 0 Å². The number of hydrogen-bond donors (Lipinski definition) is 3.